The van der Waals surface area contributed by atoms with Crippen molar-refractivity contribution < 1.29 is 0 Å². The molecule has 0 aliphatic heterocycles. The van der Waals surface area contributed by atoms with Gasteiger partial charge in [0.2, 0.25) is 0 Å². The maximum absolute atomic E-state index is 3.81. The normalized spacial score (nSPS) is 23.1. The van der Waals surface area contributed by atoms with Crippen molar-refractivity contribution >= 4 is 0 Å². The third-order valence-corrected chi connectivity index (χ3v) is 4.86. The average molecular weight is 243 g/mol. The van der Waals surface area contributed by atoms with Crippen LogP contribution in [0.15, 0.2) is 24.3 Å². The van der Waals surface area contributed by atoms with E-state index in [1.165, 1.54) is 32.1 Å². The number of rotatable bonds is 5. The zero-order chi connectivity index (χ0) is 12.8. The van der Waals surface area contributed by atoms with Crippen LogP contribution in [0.3, 0.4) is 0 Å². The Hall–Kier alpha value is -0.820. The van der Waals surface area contributed by atoms with Crippen molar-refractivity contribution in [1.82, 2.24) is 5.32 Å². The van der Waals surface area contributed by atoms with Crippen LogP contribution < -0.4 is 5.32 Å². The van der Waals surface area contributed by atoms with Gasteiger partial charge in [0.25, 0.3) is 0 Å². The molecule has 0 saturated heterocycles. The molecule has 0 atom stereocenters. The Morgan fingerprint density at radius 3 is 2.11 bits per heavy atom. The van der Waals surface area contributed by atoms with E-state index in [1.807, 2.05) is 0 Å². The fourth-order valence-electron chi connectivity index (χ4n) is 3.50. The number of nitrogens with one attached hydrogen (secondary N) is 1. The Bertz CT molecular complexity index is 439. The van der Waals surface area contributed by atoms with Crippen LogP contribution >= 0.6 is 0 Å². The molecule has 0 heterocycles. The second kappa shape index (κ2) is 4.09. The van der Waals surface area contributed by atoms with E-state index in [1.54, 1.807) is 11.1 Å². The van der Waals surface area contributed by atoms with Crippen LogP contribution in [-0.4, -0.2) is 6.04 Å². The summed E-state index contributed by atoms with van der Waals surface area (Å²) >= 11 is 0. The van der Waals surface area contributed by atoms with E-state index in [2.05, 4.69) is 50.4 Å². The number of hydrogen-bond donors (Lipinski definition) is 1. The van der Waals surface area contributed by atoms with Gasteiger partial charge in [-0.05, 0) is 48.6 Å². The average Bonchev–Trinajstić information content (AvgIpc) is 3.24. The first-order valence-electron chi connectivity index (χ1n) is 7.50. The molecule has 1 heteroatoms. The molecule has 98 valence electrons. The Kier molecular flexibility index (Phi) is 2.78. The zero-order valence-corrected chi connectivity index (χ0v) is 11.9. The molecule has 3 rings (SSSR count). The summed E-state index contributed by atoms with van der Waals surface area (Å²) in [5.74, 6) is 0. The largest absolute Gasteiger partial charge is 0.305 e. The molecular formula is C17H25N. The molecule has 18 heavy (non-hydrogen) atoms. The minimum absolute atomic E-state index is 0.301. The summed E-state index contributed by atoms with van der Waals surface area (Å²) in [4.78, 5) is 0. The van der Waals surface area contributed by atoms with E-state index >= 15 is 0 Å². The summed E-state index contributed by atoms with van der Waals surface area (Å²) in [6, 6.07) is 9.76. The first-order chi connectivity index (χ1) is 8.62. The Morgan fingerprint density at radius 1 is 1.06 bits per heavy atom. The summed E-state index contributed by atoms with van der Waals surface area (Å²) < 4.78 is 0. The Morgan fingerprint density at radius 2 is 1.67 bits per heavy atom. The van der Waals surface area contributed by atoms with Crippen molar-refractivity contribution in [2.75, 3.05) is 0 Å². The van der Waals surface area contributed by atoms with Crippen molar-refractivity contribution in [3.8, 4) is 0 Å². The fraction of sp³-hybridized carbons (Fsp3) is 0.647. The Balaban J connectivity index is 1.98. The van der Waals surface area contributed by atoms with Crippen molar-refractivity contribution in [1.29, 1.82) is 0 Å². The van der Waals surface area contributed by atoms with Gasteiger partial charge in [0.1, 0.15) is 0 Å². The number of benzene rings is 1. The first-order valence-corrected chi connectivity index (χ1v) is 7.50. The molecule has 2 saturated carbocycles. The maximum Gasteiger partial charge on any atom is 0.0441 e. The van der Waals surface area contributed by atoms with Gasteiger partial charge in [0.05, 0.1) is 0 Å². The van der Waals surface area contributed by atoms with Crippen LogP contribution in [-0.2, 0) is 11.0 Å². The first kappa shape index (κ1) is 12.2. The molecule has 0 spiro atoms. The lowest BCUT2D eigenvalue weighted by Gasteiger charge is -2.27. The van der Waals surface area contributed by atoms with E-state index in [0.29, 0.717) is 17.0 Å². The highest BCUT2D eigenvalue weighted by Gasteiger charge is 2.51. The smallest absolute Gasteiger partial charge is 0.0441 e. The van der Waals surface area contributed by atoms with Crippen LogP contribution in [0.25, 0.3) is 0 Å². The monoisotopic (exact) mass is 243 g/mol. The van der Waals surface area contributed by atoms with Crippen LogP contribution in [0.5, 0.6) is 0 Å². The summed E-state index contributed by atoms with van der Waals surface area (Å²) in [6.07, 6.45) is 6.68. The van der Waals surface area contributed by atoms with Gasteiger partial charge in [-0.25, -0.2) is 0 Å². The molecule has 1 aromatic carbocycles. The summed E-state index contributed by atoms with van der Waals surface area (Å²) in [5, 5.41) is 3.81. The highest BCUT2D eigenvalue weighted by atomic mass is 15.0. The van der Waals surface area contributed by atoms with Crippen LogP contribution in [0.1, 0.15) is 64.0 Å². The van der Waals surface area contributed by atoms with Gasteiger partial charge in [0.15, 0.2) is 0 Å². The van der Waals surface area contributed by atoms with Gasteiger partial charge in [-0.2, -0.15) is 0 Å². The van der Waals surface area contributed by atoms with Gasteiger partial charge < -0.3 is 5.32 Å². The maximum atomic E-state index is 3.81. The molecule has 1 nitrogen and oxygen atoms in total. The molecule has 2 aliphatic carbocycles. The standard InChI is InChI=1S/C17H25N/c1-4-16(9-10-16)14-7-5-6-8-15(14)17(11-12-17)18-13(2)3/h5-8,13,18H,4,9-12H2,1-3H3. The van der Waals surface area contributed by atoms with Crippen molar-refractivity contribution in [2.45, 2.75) is 69.9 Å². The third-order valence-electron chi connectivity index (χ3n) is 4.86. The number of hydrogen-bond acceptors (Lipinski definition) is 1. The fourth-order valence-corrected chi connectivity index (χ4v) is 3.50. The van der Waals surface area contributed by atoms with Gasteiger partial charge >= 0.3 is 0 Å². The van der Waals surface area contributed by atoms with Gasteiger partial charge in [-0.1, -0.05) is 45.0 Å². The van der Waals surface area contributed by atoms with E-state index in [0.717, 1.165) is 0 Å². The van der Waals surface area contributed by atoms with Crippen molar-refractivity contribution in [2.24, 2.45) is 0 Å². The minimum Gasteiger partial charge on any atom is -0.305 e. The molecule has 0 bridgehead atoms. The quantitative estimate of drug-likeness (QED) is 0.820. The summed E-state index contributed by atoms with van der Waals surface area (Å²) in [5.41, 5.74) is 4.05. The molecule has 2 fully saturated rings. The zero-order valence-electron chi connectivity index (χ0n) is 11.9. The third kappa shape index (κ3) is 1.89. The summed E-state index contributed by atoms with van der Waals surface area (Å²) in [6.45, 7) is 6.87. The van der Waals surface area contributed by atoms with Gasteiger partial charge in [-0.15, -0.1) is 0 Å². The topological polar surface area (TPSA) is 12.0 Å². The second-order valence-electron chi connectivity index (χ2n) is 6.56. The lowest BCUT2D eigenvalue weighted by atomic mass is 9.85. The van der Waals surface area contributed by atoms with E-state index in [-0.39, 0.29) is 0 Å². The molecule has 0 aromatic heterocycles. The second-order valence-corrected chi connectivity index (χ2v) is 6.56. The highest BCUT2D eigenvalue weighted by molar-refractivity contribution is 5.45. The molecule has 2 aliphatic rings. The van der Waals surface area contributed by atoms with E-state index < -0.39 is 0 Å². The van der Waals surface area contributed by atoms with Crippen LogP contribution in [0.4, 0.5) is 0 Å². The Labute approximate surface area is 111 Å². The van der Waals surface area contributed by atoms with Crippen molar-refractivity contribution in [3.05, 3.63) is 35.4 Å². The van der Waals surface area contributed by atoms with E-state index in [9.17, 15) is 0 Å². The predicted molar refractivity (Wildman–Crippen MR) is 76.8 cm³/mol. The van der Waals surface area contributed by atoms with Crippen LogP contribution in [0, 0.1) is 0 Å². The lowest BCUT2D eigenvalue weighted by molar-refractivity contribution is 0.453. The SMILES string of the molecule is CCC1(c2ccccc2C2(NC(C)C)CC2)CC1. The van der Waals surface area contributed by atoms with E-state index in [4.69, 9.17) is 0 Å². The van der Waals surface area contributed by atoms with Crippen molar-refractivity contribution in [3.63, 3.8) is 0 Å². The molecule has 1 N–H and O–H groups in total. The van der Waals surface area contributed by atoms with Gasteiger partial charge in [-0.3, -0.25) is 0 Å². The van der Waals surface area contributed by atoms with Gasteiger partial charge in [0, 0.05) is 11.6 Å². The molecular weight excluding hydrogens is 218 g/mol. The molecule has 0 radical (unpaired) electrons. The molecule has 1 aromatic rings. The minimum atomic E-state index is 0.301. The summed E-state index contributed by atoms with van der Waals surface area (Å²) in [7, 11) is 0. The molecule has 0 amide bonds. The van der Waals surface area contributed by atoms with Crippen LogP contribution in [0.2, 0.25) is 0 Å². The predicted octanol–water partition coefficient (Wildman–Crippen LogP) is 4.12. The molecule has 0 unspecified atom stereocenters. The lowest BCUT2D eigenvalue weighted by Crippen LogP contribution is -2.36. The highest BCUT2D eigenvalue weighted by Crippen LogP contribution is 2.56.